The summed E-state index contributed by atoms with van der Waals surface area (Å²) in [4.78, 5) is 27.6. The van der Waals surface area contributed by atoms with Crippen LogP contribution in [0.4, 0.5) is 0 Å². The molecule has 128 valence electrons. The third-order valence-corrected chi connectivity index (χ3v) is 3.71. The van der Waals surface area contributed by atoms with Crippen molar-refractivity contribution in [3.05, 3.63) is 65.4 Å². The van der Waals surface area contributed by atoms with E-state index in [-0.39, 0.29) is 12.5 Å². The number of fused-ring (bicyclic) bond motifs is 1. The largest absolute Gasteiger partial charge is 0.492 e. The van der Waals surface area contributed by atoms with Crippen LogP contribution < -0.4 is 15.5 Å². The van der Waals surface area contributed by atoms with Crippen LogP contribution in [-0.2, 0) is 4.79 Å². The molecule has 1 aromatic carbocycles. The molecule has 0 atom stereocenters. The standard InChI is InChI=1S/C18H17N3O4/c22-17(21-24)12-5-7-14(8-6-12)25-10-9-19-18(23)16-11-13-3-1-2-4-15(13)20-16/h1-3,5-8,11,24H,4,9-10H2,(H,19,23)(H,21,22). The molecule has 3 rings (SSSR count). The fraction of sp³-hybridized carbons (Fsp3) is 0.167. The van der Waals surface area contributed by atoms with Crippen molar-refractivity contribution in [2.45, 2.75) is 6.42 Å². The first-order chi connectivity index (χ1) is 12.2. The van der Waals surface area contributed by atoms with E-state index in [4.69, 9.17) is 9.94 Å². The van der Waals surface area contributed by atoms with Crippen LogP contribution in [0.5, 0.6) is 5.75 Å². The SMILES string of the molecule is O=C(NCCOc1ccc(C(=O)NO)cc1)C1=CC2=CC=CCC2=N1. The van der Waals surface area contributed by atoms with E-state index in [2.05, 4.69) is 10.3 Å². The summed E-state index contributed by atoms with van der Waals surface area (Å²) in [5, 5.41) is 11.3. The smallest absolute Gasteiger partial charge is 0.274 e. The molecule has 7 nitrogen and oxygen atoms in total. The number of hydrogen-bond acceptors (Lipinski definition) is 5. The van der Waals surface area contributed by atoms with Crippen molar-refractivity contribution in [1.29, 1.82) is 0 Å². The predicted molar refractivity (Wildman–Crippen MR) is 91.6 cm³/mol. The second kappa shape index (κ2) is 7.59. The summed E-state index contributed by atoms with van der Waals surface area (Å²) in [7, 11) is 0. The van der Waals surface area contributed by atoms with E-state index in [1.165, 1.54) is 12.1 Å². The predicted octanol–water partition coefficient (Wildman–Crippen LogP) is 1.53. The van der Waals surface area contributed by atoms with Crippen molar-refractivity contribution in [1.82, 2.24) is 10.8 Å². The first kappa shape index (κ1) is 16.7. The molecular formula is C18H17N3O4. The molecule has 1 heterocycles. The molecule has 7 heteroatoms. The van der Waals surface area contributed by atoms with E-state index < -0.39 is 5.91 Å². The topological polar surface area (TPSA) is 100 Å². The van der Waals surface area contributed by atoms with Crippen molar-refractivity contribution in [2.24, 2.45) is 4.99 Å². The molecule has 2 aliphatic rings. The van der Waals surface area contributed by atoms with Crippen LogP contribution in [0.1, 0.15) is 16.8 Å². The Kier molecular flexibility index (Phi) is 5.06. The molecule has 1 aliphatic carbocycles. The Morgan fingerprint density at radius 3 is 2.72 bits per heavy atom. The summed E-state index contributed by atoms with van der Waals surface area (Å²) in [6.45, 7) is 0.614. The van der Waals surface area contributed by atoms with Crippen LogP contribution in [0.15, 0.2) is 64.8 Å². The van der Waals surface area contributed by atoms with Crippen LogP contribution in [0.25, 0.3) is 0 Å². The number of carbonyl (C=O) groups excluding carboxylic acids is 2. The van der Waals surface area contributed by atoms with Crippen molar-refractivity contribution in [3.63, 3.8) is 0 Å². The number of rotatable bonds is 6. The first-order valence-corrected chi connectivity index (χ1v) is 7.79. The van der Waals surface area contributed by atoms with Gasteiger partial charge in [-0.3, -0.25) is 14.8 Å². The minimum absolute atomic E-state index is 0.235. The number of carbonyl (C=O) groups is 2. The second-order valence-electron chi connectivity index (χ2n) is 5.41. The van der Waals surface area contributed by atoms with Gasteiger partial charge in [0.05, 0.1) is 12.3 Å². The lowest BCUT2D eigenvalue weighted by atomic mass is 10.0. The summed E-state index contributed by atoms with van der Waals surface area (Å²) >= 11 is 0. The number of nitrogens with zero attached hydrogens (tertiary/aromatic N) is 1. The molecule has 3 N–H and O–H groups in total. The Morgan fingerprint density at radius 1 is 1.20 bits per heavy atom. The zero-order chi connectivity index (χ0) is 17.6. The van der Waals surface area contributed by atoms with Gasteiger partial charge >= 0.3 is 0 Å². The molecule has 0 bridgehead atoms. The van der Waals surface area contributed by atoms with Gasteiger partial charge < -0.3 is 10.1 Å². The molecule has 1 aliphatic heterocycles. The number of aliphatic imine (C=N–C) groups is 1. The maximum atomic E-state index is 12.1. The Morgan fingerprint density at radius 2 is 2.00 bits per heavy atom. The number of amides is 2. The van der Waals surface area contributed by atoms with Gasteiger partial charge in [-0.05, 0) is 35.9 Å². The lowest BCUT2D eigenvalue weighted by molar-refractivity contribution is -0.117. The Balaban J connectivity index is 1.44. The van der Waals surface area contributed by atoms with Crippen LogP contribution >= 0.6 is 0 Å². The number of hydroxylamine groups is 1. The number of benzene rings is 1. The molecule has 0 saturated heterocycles. The molecular weight excluding hydrogens is 322 g/mol. The summed E-state index contributed by atoms with van der Waals surface area (Å²) < 4.78 is 5.50. The number of ether oxygens (including phenoxy) is 1. The number of nitrogens with one attached hydrogen (secondary N) is 2. The second-order valence-corrected chi connectivity index (χ2v) is 5.41. The summed E-state index contributed by atoms with van der Waals surface area (Å²) in [5.74, 6) is -0.260. The third kappa shape index (κ3) is 4.02. The van der Waals surface area contributed by atoms with E-state index in [0.29, 0.717) is 23.6 Å². The molecule has 25 heavy (non-hydrogen) atoms. The van der Waals surface area contributed by atoms with Crippen molar-refractivity contribution < 1.29 is 19.5 Å². The van der Waals surface area contributed by atoms with E-state index in [1.54, 1.807) is 23.7 Å². The highest BCUT2D eigenvalue weighted by molar-refractivity contribution is 6.12. The van der Waals surface area contributed by atoms with Gasteiger partial charge in [0, 0.05) is 12.0 Å². The lowest BCUT2D eigenvalue weighted by Crippen LogP contribution is -2.28. The third-order valence-electron chi connectivity index (χ3n) is 3.71. The fourth-order valence-corrected chi connectivity index (χ4v) is 2.44. The van der Waals surface area contributed by atoms with Crippen molar-refractivity contribution >= 4 is 17.5 Å². The highest BCUT2D eigenvalue weighted by Gasteiger charge is 2.19. The van der Waals surface area contributed by atoms with Gasteiger partial charge in [0.1, 0.15) is 18.1 Å². The molecule has 0 fully saturated rings. The highest BCUT2D eigenvalue weighted by atomic mass is 16.5. The summed E-state index contributed by atoms with van der Waals surface area (Å²) in [6, 6.07) is 6.29. The normalized spacial score (nSPS) is 14.8. The summed E-state index contributed by atoms with van der Waals surface area (Å²) in [6.07, 6.45) is 8.41. The molecule has 0 saturated carbocycles. The van der Waals surface area contributed by atoms with E-state index in [0.717, 1.165) is 17.7 Å². The average Bonchev–Trinajstić information content (AvgIpc) is 3.09. The van der Waals surface area contributed by atoms with Gasteiger partial charge in [-0.1, -0.05) is 18.2 Å². The molecule has 1 aromatic rings. The highest BCUT2D eigenvalue weighted by Crippen LogP contribution is 2.21. The summed E-state index contributed by atoms with van der Waals surface area (Å²) in [5.41, 5.74) is 4.18. The lowest BCUT2D eigenvalue weighted by Gasteiger charge is -2.08. The van der Waals surface area contributed by atoms with E-state index >= 15 is 0 Å². The Bertz CT molecular complexity index is 804. The van der Waals surface area contributed by atoms with E-state index in [9.17, 15) is 9.59 Å². The average molecular weight is 339 g/mol. The van der Waals surface area contributed by atoms with Gasteiger partial charge in [0.15, 0.2) is 0 Å². The fourth-order valence-electron chi connectivity index (χ4n) is 2.44. The molecule has 0 unspecified atom stereocenters. The van der Waals surface area contributed by atoms with Crippen LogP contribution in [-0.4, -0.2) is 35.9 Å². The molecule has 0 aromatic heterocycles. The monoisotopic (exact) mass is 339 g/mol. The molecule has 0 spiro atoms. The Hall–Kier alpha value is -3.19. The van der Waals surface area contributed by atoms with Gasteiger partial charge in [-0.25, -0.2) is 10.5 Å². The van der Waals surface area contributed by atoms with Gasteiger partial charge in [0.2, 0.25) is 0 Å². The van der Waals surface area contributed by atoms with Crippen molar-refractivity contribution in [2.75, 3.05) is 13.2 Å². The number of allylic oxidation sites excluding steroid dienone is 5. The zero-order valence-electron chi connectivity index (χ0n) is 13.4. The first-order valence-electron chi connectivity index (χ1n) is 7.79. The minimum Gasteiger partial charge on any atom is -0.492 e. The van der Waals surface area contributed by atoms with E-state index in [1.807, 2.05) is 18.2 Å². The number of hydrogen-bond donors (Lipinski definition) is 3. The molecule has 0 radical (unpaired) electrons. The quantitative estimate of drug-likeness (QED) is 0.416. The van der Waals surface area contributed by atoms with Gasteiger partial charge in [0.25, 0.3) is 11.8 Å². The molecule has 2 amide bonds. The zero-order valence-corrected chi connectivity index (χ0v) is 13.4. The minimum atomic E-state index is -0.587. The Labute approximate surface area is 144 Å². The van der Waals surface area contributed by atoms with Gasteiger partial charge in [-0.2, -0.15) is 0 Å². The van der Waals surface area contributed by atoms with Crippen LogP contribution in [0.3, 0.4) is 0 Å². The van der Waals surface area contributed by atoms with Crippen LogP contribution in [0.2, 0.25) is 0 Å². The van der Waals surface area contributed by atoms with Gasteiger partial charge in [-0.15, -0.1) is 0 Å². The maximum Gasteiger partial charge on any atom is 0.274 e. The van der Waals surface area contributed by atoms with Crippen LogP contribution in [0, 0.1) is 0 Å². The van der Waals surface area contributed by atoms with Crippen molar-refractivity contribution in [3.8, 4) is 5.75 Å². The maximum absolute atomic E-state index is 12.1.